The fourth-order valence-corrected chi connectivity index (χ4v) is 2.15. The predicted octanol–water partition coefficient (Wildman–Crippen LogP) is 2.74. The second kappa shape index (κ2) is 4.09. The number of aromatic nitrogens is 1. The van der Waals surface area contributed by atoms with Gasteiger partial charge in [0.05, 0.1) is 11.1 Å². The molecule has 92 valence electrons. The first-order valence-corrected chi connectivity index (χ1v) is 6.32. The van der Waals surface area contributed by atoms with E-state index < -0.39 is 0 Å². The molecule has 1 aliphatic carbocycles. The van der Waals surface area contributed by atoms with Crippen molar-refractivity contribution in [1.82, 2.24) is 10.3 Å². The van der Waals surface area contributed by atoms with Crippen LogP contribution >= 0.6 is 0 Å². The van der Waals surface area contributed by atoms with E-state index in [0.717, 1.165) is 40.6 Å². The highest BCUT2D eigenvalue weighted by molar-refractivity contribution is 6.06. The van der Waals surface area contributed by atoms with Crippen molar-refractivity contribution in [2.24, 2.45) is 0 Å². The number of carbonyl (C=O) groups is 1. The molecular formula is C15H16N2O. The fourth-order valence-electron chi connectivity index (χ4n) is 2.15. The van der Waals surface area contributed by atoms with Crippen LogP contribution in [0, 0.1) is 13.8 Å². The van der Waals surface area contributed by atoms with Crippen LogP contribution in [0.25, 0.3) is 10.9 Å². The van der Waals surface area contributed by atoms with Gasteiger partial charge in [0.15, 0.2) is 0 Å². The van der Waals surface area contributed by atoms with Gasteiger partial charge in [-0.1, -0.05) is 11.6 Å². The van der Waals surface area contributed by atoms with Crippen molar-refractivity contribution in [2.45, 2.75) is 32.7 Å². The highest BCUT2D eigenvalue weighted by atomic mass is 16.1. The summed E-state index contributed by atoms with van der Waals surface area (Å²) in [7, 11) is 0. The molecule has 1 aliphatic rings. The molecule has 1 fully saturated rings. The second-order valence-electron chi connectivity index (χ2n) is 5.08. The summed E-state index contributed by atoms with van der Waals surface area (Å²) in [6.45, 7) is 3.95. The second-order valence-corrected chi connectivity index (χ2v) is 5.08. The zero-order chi connectivity index (χ0) is 12.7. The maximum atomic E-state index is 12.2. The first-order chi connectivity index (χ1) is 8.63. The quantitative estimate of drug-likeness (QED) is 0.877. The Morgan fingerprint density at radius 3 is 2.78 bits per heavy atom. The van der Waals surface area contributed by atoms with Gasteiger partial charge in [0.25, 0.3) is 5.91 Å². The van der Waals surface area contributed by atoms with Crippen molar-refractivity contribution in [2.75, 3.05) is 0 Å². The van der Waals surface area contributed by atoms with E-state index in [4.69, 9.17) is 0 Å². The average molecular weight is 240 g/mol. The van der Waals surface area contributed by atoms with Gasteiger partial charge in [-0.15, -0.1) is 0 Å². The van der Waals surface area contributed by atoms with Crippen LogP contribution in [0.1, 0.15) is 34.5 Å². The lowest BCUT2D eigenvalue weighted by molar-refractivity contribution is 0.0952. The summed E-state index contributed by atoms with van der Waals surface area (Å²) in [4.78, 5) is 16.7. The summed E-state index contributed by atoms with van der Waals surface area (Å²) >= 11 is 0. The minimum absolute atomic E-state index is 0.0265. The number of pyridine rings is 1. The van der Waals surface area contributed by atoms with Crippen LogP contribution in [0.5, 0.6) is 0 Å². The number of rotatable bonds is 2. The molecule has 3 heteroatoms. The summed E-state index contributed by atoms with van der Waals surface area (Å²) in [5, 5.41) is 3.99. The normalized spacial score (nSPS) is 14.8. The first-order valence-electron chi connectivity index (χ1n) is 6.32. The molecule has 2 aromatic rings. The third-order valence-electron chi connectivity index (χ3n) is 3.25. The smallest absolute Gasteiger partial charge is 0.252 e. The van der Waals surface area contributed by atoms with Gasteiger partial charge >= 0.3 is 0 Å². The van der Waals surface area contributed by atoms with Crippen LogP contribution in [0.4, 0.5) is 0 Å². The maximum absolute atomic E-state index is 12.2. The van der Waals surface area contributed by atoms with Crippen molar-refractivity contribution >= 4 is 16.8 Å². The Morgan fingerprint density at radius 1 is 1.28 bits per heavy atom. The van der Waals surface area contributed by atoms with E-state index in [0.29, 0.717) is 6.04 Å². The van der Waals surface area contributed by atoms with Gasteiger partial charge in [0.1, 0.15) is 0 Å². The molecule has 0 saturated heterocycles. The first kappa shape index (κ1) is 11.2. The number of hydrogen-bond acceptors (Lipinski definition) is 2. The number of hydrogen-bond donors (Lipinski definition) is 1. The monoisotopic (exact) mass is 240 g/mol. The Kier molecular flexibility index (Phi) is 2.54. The standard InChI is InChI=1S/C15H16N2O/c1-9-3-6-14-12(7-9)13(8-10(2)16-14)15(18)17-11-4-5-11/h3,6-8,11H,4-5H2,1-2H3,(H,17,18). The van der Waals surface area contributed by atoms with Crippen molar-refractivity contribution in [1.29, 1.82) is 0 Å². The van der Waals surface area contributed by atoms with Gasteiger partial charge in [-0.2, -0.15) is 0 Å². The molecule has 0 radical (unpaired) electrons. The molecule has 1 aromatic carbocycles. The number of fused-ring (bicyclic) bond motifs is 1. The lowest BCUT2D eigenvalue weighted by Crippen LogP contribution is -2.25. The maximum Gasteiger partial charge on any atom is 0.252 e. The number of benzene rings is 1. The number of nitrogens with zero attached hydrogens (tertiary/aromatic N) is 1. The van der Waals surface area contributed by atoms with Crippen LogP contribution in [-0.4, -0.2) is 16.9 Å². The van der Waals surface area contributed by atoms with Gasteiger partial charge in [-0.05, 0) is 44.9 Å². The average Bonchev–Trinajstić information content (AvgIpc) is 3.12. The van der Waals surface area contributed by atoms with Crippen LogP contribution < -0.4 is 5.32 Å². The zero-order valence-electron chi connectivity index (χ0n) is 10.7. The summed E-state index contributed by atoms with van der Waals surface area (Å²) < 4.78 is 0. The molecule has 0 spiro atoms. The Balaban J connectivity index is 2.12. The topological polar surface area (TPSA) is 42.0 Å². The Morgan fingerprint density at radius 2 is 2.06 bits per heavy atom. The van der Waals surface area contributed by atoms with Gasteiger partial charge in [0.2, 0.25) is 0 Å². The largest absolute Gasteiger partial charge is 0.349 e. The van der Waals surface area contributed by atoms with Crippen molar-refractivity contribution in [3.05, 3.63) is 41.1 Å². The van der Waals surface area contributed by atoms with E-state index >= 15 is 0 Å². The fraction of sp³-hybridized carbons (Fsp3) is 0.333. The summed E-state index contributed by atoms with van der Waals surface area (Å²) in [5.74, 6) is 0.0265. The summed E-state index contributed by atoms with van der Waals surface area (Å²) in [6.07, 6.45) is 2.21. The molecular weight excluding hydrogens is 224 g/mol. The molecule has 1 amide bonds. The van der Waals surface area contributed by atoms with E-state index in [-0.39, 0.29) is 5.91 Å². The van der Waals surface area contributed by atoms with Crippen LogP contribution in [-0.2, 0) is 0 Å². The molecule has 18 heavy (non-hydrogen) atoms. The van der Waals surface area contributed by atoms with E-state index in [1.165, 1.54) is 0 Å². The van der Waals surface area contributed by atoms with E-state index in [9.17, 15) is 4.79 Å². The Hall–Kier alpha value is -1.90. The van der Waals surface area contributed by atoms with Crippen LogP contribution in [0.2, 0.25) is 0 Å². The van der Waals surface area contributed by atoms with Gasteiger partial charge in [-0.3, -0.25) is 9.78 Å². The summed E-state index contributed by atoms with van der Waals surface area (Å²) in [5.41, 5.74) is 3.66. The Labute approximate surface area is 106 Å². The van der Waals surface area contributed by atoms with E-state index in [2.05, 4.69) is 10.3 Å². The Bertz CT molecular complexity index is 630. The van der Waals surface area contributed by atoms with Crippen molar-refractivity contribution in [3.63, 3.8) is 0 Å². The lowest BCUT2D eigenvalue weighted by atomic mass is 10.0. The number of amides is 1. The minimum Gasteiger partial charge on any atom is -0.349 e. The lowest BCUT2D eigenvalue weighted by Gasteiger charge is -2.09. The van der Waals surface area contributed by atoms with E-state index in [1.54, 1.807) is 0 Å². The molecule has 1 N–H and O–H groups in total. The number of aryl methyl sites for hydroxylation is 2. The molecule has 3 nitrogen and oxygen atoms in total. The molecule has 1 aromatic heterocycles. The molecule has 0 atom stereocenters. The van der Waals surface area contributed by atoms with Crippen LogP contribution in [0.15, 0.2) is 24.3 Å². The third kappa shape index (κ3) is 2.08. The predicted molar refractivity (Wildman–Crippen MR) is 71.7 cm³/mol. The minimum atomic E-state index is 0.0265. The van der Waals surface area contributed by atoms with Crippen LogP contribution in [0.3, 0.4) is 0 Å². The van der Waals surface area contributed by atoms with Gasteiger partial charge in [0, 0.05) is 17.1 Å². The molecule has 0 aliphatic heterocycles. The molecule has 0 bridgehead atoms. The number of carbonyl (C=O) groups excluding carboxylic acids is 1. The highest BCUT2D eigenvalue weighted by Crippen LogP contribution is 2.23. The van der Waals surface area contributed by atoms with Gasteiger partial charge < -0.3 is 5.32 Å². The summed E-state index contributed by atoms with van der Waals surface area (Å²) in [6, 6.07) is 8.29. The number of nitrogens with one attached hydrogen (secondary N) is 1. The molecule has 1 heterocycles. The van der Waals surface area contributed by atoms with E-state index in [1.807, 2.05) is 38.1 Å². The van der Waals surface area contributed by atoms with Gasteiger partial charge in [-0.25, -0.2) is 0 Å². The molecule has 3 rings (SSSR count). The van der Waals surface area contributed by atoms with Crippen molar-refractivity contribution < 1.29 is 4.79 Å². The molecule has 0 unspecified atom stereocenters. The third-order valence-corrected chi connectivity index (χ3v) is 3.25. The highest BCUT2D eigenvalue weighted by Gasteiger charge is 2.24. The SMILES string of the molecule is Cc1ccc2nc(C)cc(C(=O)NC3CC3)c2c1. The van der Waals surface area contributed by atoms with Crippen molar-refractivity contribution in [3.8, 4) is 0 Å². The zero-order valence-corrected chi connectivity index (χ0v) is 10.7. The molecule has 1 saturated carbocycles.